The fraction of sp³-hybridized carbons (Fsp3) is 0.524. The summed E-state index contributed by atoms with van der Waals surface area (Å²) in [6.45, 7) is 5.40. The molecule has 0 atom stereocenters. The van der Waals surface area contributed by atoms with Gasteiger partial charge in [-0.25, -0.2) is 0 Å². The monoisotopic (exact) mass is 352 g/mol. The van der Waals surface area contributed by atoms with Crippen LogP contribution in [0.3, 0.4) is 0 Å². The predicted molar refractivity (Wildman–Crippen MR) is 103 cm³/mol. The summed E-state index contributed by atoms with van der Waals surface area (Å²) in [5.74, 6) is 0.499. The lowest BCUT2D eigenvalue weighted by Gasteiger charge is -2.31. The van der Waals surface area contributed by atoms with Crippen molar-refractivity contribution in [1.82, 2.24) is 14.5 Å². The Labute approximate surface area is 155 Å². The van der Waals surface area contributed by atoms with Crippen LogP contribution in [0.25, 0.3) is 0 Å². The molecule has 0 aromatic carbocycles. The van der Waals surface area contributed by atoms with Gasteiger partial charge in [0.2, 0.25) is 0 Å². The van der Waals surface area contributed by atoms with Crippen molar-refractivity contribution in [3.05, 3.63) is 53.6 Å². The molecule has 0 amide bonds. The number of nitrogens with zero attached hydrogens (tertiary/aromatic N) is 4. The Morgan fingerprint density at radius 2 is 1.81 bits per heavy atom. The highest BCUT2D eigenvalue weighted by molar-refractivity contribution is 6.00. The van der Waals surface area contributed by atoms with Crippen LogP contribution in [0.2, 0.25) is 0 Å². The minimum atomic E-state index is 0.339. The molecule has 4 heterocycles. The zero-order chi connectivity index (χ0) is 17.8. The van der Waals surface area contributed by atoms with E-state index in [-0.39, 0.29) is 0 Å². The van der Waals surface area contributed by atoms with Crippen molar-refractivity contribution >= 4 is 5.71 Å². The summed E-state index contributed by atoms with van der Waals surface area (Å²) in [5, 5.41) is 9.31. The van der Waals surface area contributed by atoms with Crippen LogP contribution < -0.4 is 0 Å². The lowest BCUT2D eigenvalue weighted by atomic mass is 9.98. The Morgan fingerprint density at radius 1 is 1.00 bits per heavy atom. The van der Waals surface area contributed by atoms with E-state index < -0.39 is 0 Å². The maximum atomic E-state index is 9.31. The highest BCUT2D eigenvalue weighted by atomic mass is 16.3. The van der Waals surface area contributed by atoms with Gasteiger partial charge in [-0.2, -0.15) is 0 Å². The third-order valence-electron chi connectivity index (χ3n) is 5.74. The molecule has 0 aliphatic carbocycles. The molecule has 0 spiro atoms. The zero-order valence-corrected chi connectivity index (χ0v) is 15.3. The van der Waals surface area contributed by atoms with Gasteiger partial charge >= 0.3 is 0 Å². The van der Waals surface area contributed by atoms with E-state index in [1.54, 1.807) is 0 Å². The van der Waals surface area contributed by atoms with Gasteiger partial charge in [-0.1, -0.05) is 0 Å². The summed E-state index contributed by atoms with van der Waals surface area (Å²) in [6.07, 6.45) is 7.94. The van der Waals surface area contributed by atoms with Gasteiger partial charge in [0.05, 0.1) is 18.0 Å². The van der Waals surface area contributed by atoms with Crippen molar-refractivity contribution in [1.29, 1.82) is 0 Å². The van der Waals surface area contributed by atoms with E-state index in [1.807, 2.05) is 12.4 Å². The number of hydrogen-bond donors (Lipinski definition) is 1. The first-order chi connectivity index (χ1) is 12.8. The number of pyridine rings is 1. The van der Waals surface area contributed by atoms with Crippen LogP contribution in [0.15, 0.2) is 41.7 Å². The number of rotatable bonds is 6. The Balaban J connectivity index is 1.40. The number of piperidine rings is 1. The molecule has 5 nitrogen and oxygen atoms in total. The van der Waals surface area contributed by atoms with Gasteiger partial charge in [-0.3, -0.25) is 14.9 Å². The average molecular weight is 352 g/mol. The van der Waals surface area contributed by atoms with E-state index in [9.17, 15) is 5.11 Å². The minimum absolute atomic E-state index is 0.339. The molecule has 0 saturated carbocycles. The highest BCUT2D eigenvalue weighted by Gasteiger charge is 2.22. The van der Waals surface area contributed by atoms with E-state index in [4.69, 9.17) is 4.99 Å². The summed E-state index contributed by atoms with van der Waals surface area (Å²) in [4.78, 5) is 11.4. The molecule has 0 radical (unpaired) electrons. The normalized spacial score (nSPS) is 18.6. The standard InChI is InChI=1S/C21H28N4O/c26-16-18-7-12-24(13-8-18)15-19-2-4-21-20(23-11-14-25(19)21)3-1-17-5-9-22-10-6-17/h2,4-6,9-10,18,26H,1,3,7-8,11-16H2. The predicted octanol–water partition coefficient (Wildman–Crippen LogP) is 2.52. The molecule has 2 aliphatic heterocycles. The van der Waals surface area contributed by atoms with Gasteiger partial charge in [-0.15, -0.1) is 0 Å². The quantitative estimate of drug-likeness (QED) is 0.869. The number of aliphatic hydroxyl groups excluding tert-OH is 1. The lowest BCUT2D eigenvalue weighted by molar-refractivity contribution is 0.125. The Hall–Kier alpha value is -1.98. The van der Waals surface area contributed by atoms with E-state index in [2.05, 4.69) is 38.7 Å². The zero-order valence-electron chi connectivity index (χ0n) is 15.3. The Morgan fingerprint density at radius 3 is 2.58 bits per heavy atom. The van der Waals surface area contributed by atoms with E-state index >= 15 is 0 Å². The van der Waals surface area contributed by atoms with Gasteiger partial charge in [-0.05, 0) is 74.5 Å². The van der Waals surface area contributed by atoms with E-state index in [1.165, 1.54) is 22.7 Å². The molecule has 1 saturated heterocycles. The average Bonchev–Trinajstić information content (AvgIpc) is 3.11. The number of hydrogen-bond acceptors (Lipinski definition) is 4. The molecule has 2 aromatic heterocycles. The fourth-order valence-electron chi connectivity index (χ4n) is 4.11. The smallest absolute Gasteiger partial charge is 0.0624 e. The number of aryl methyl sites for hydroxylation is 1. The van der Waals surface area contributed by atoms with Crippen LogP contribution in [0.5, 0.6) is 0 Å². The molecule has 138 valence electrons. The third-order valence-corrected chi connectivity index (χ3v) is 5.74. The van der Waals surface area contributed by atoms with Crippen molar-refractivity contribution in [3.63, 3.8) is 0 Å². The molecule has 4 rings (SSSR count). The maximum Gasteiger partial charge on any atom is 0.0624 e. The number of aliphatic imine (C=N–C) groups is 1. The van der Waals surface area contributed by atoms with Crippen LogP contribution in [0, 0.1) is 5.92 Å². The van der Waals surface area contributed by atoms with Crippen molar-refractivity contribution in [3.8, 4) is 0 Å². The second-order valence-electron chi connectivity index (χ2n) is 7.45. The van der Waals surface area contributed by atoms with Crippen LogP contribution in [-0.4, -0.2) is 51.5 Å². The highest BCUT2D eigenvalue weighted by Crippen LogP contribution is 2.22. The molecular weight excluding hydrogens is 324 g/mol. The molecule has 1 fully saturated rings. The summed E-state index contributed by atoms with van der Waals surface area (Å²) in [5.41, 5.74) is 5.25. The van der Waals surface area contributed by atoms with Crippen LogP contribution in [-0.2, 0) is 19.5 Å². The van der Waals surface area contributed by atoms with Gasteiger partial charge < -0.3 is 9.67 Å². The van der Waals surface area contributed by atoms with Crippen molar-refractivity contribution in [2.45, 2.75) is 38.8 Å². The number of aromatic nitrogens is 2. The van der Waals surface area contributed by atoms with Crippen LogP contribution >= 0.6 is 0 Å². The van der Waals surface area contributed by atoms with Crippen molar-refractivity contribution < 1.29 is 5.11 Å². The van der Waals surface area contributed by atoms with Crippen LogP contribution in [0.4, 0.5) is 0 Å². The molecule has 1 N–H and O–H groups in total. The molecule has 26 heavy (non-hydrogen) atoms. The maximum absolute atomic E-state index is 9.31. The molecular formula is C21H28N4O. The SMILES string of the molecule is OCC1CCN(Cc2ccc3n2CCN=C3CCc2ccncc2)CC1. The number of aliphatic hydroxyl groups is 1. The van der Waals surface area contributed by atoms with Gasteiger partial charge in [0.25, 0.3) is 0 Å². The van der Waals surface area contributed by atoms with E-state index in [0.717, 1.165) is 58.4 Å². The molecule has 5 heteroatoms. The Kier molecular flexibility index (Phi) is 5.46. The second kappa shape index (κ2) is 8.14. The molecule has 2 aromatic rings. The van der Waals surface area contributed by atoms with Gasteiger partial charge in [0.1, 0.15) is 0 Å². The Bertz CT molecular complexity index is 745. The second-order valence-corrected chi connectivity index (χ2v) is 7.45. The lowest BCUT2D eigenvalue weighted by Crippen LogP contribution is -2.35. The first-order valence-corrected chi connectivity index (χ1v) is 9.77. The number of likely N-dealkylation sites (tertiary alicyclic amines) is 1. The van der Waals surface area contributed by atoms with Gasteiger partial charge in [0, 0.05) is 37.8 Å². The summed E-state index contributed by atoms with van der Waals surface area (Å²) in [7, 11) is 0. The van der Waals surface area contributed by atoms with Crippen molar-refractivity contribution in [2.24, 2.45) is 10.9 Å². The molecule has 2 aliphatic rings. The first kappa shape index (κ1) is 17.4. The van der Waals surface area contributed by atoms with Gasteiger partial charge in [0.15, 0.2) is 0 Å². The molecule has 0 bridgehead atoms. The topological polar surface area (TPSA) is 53.6 Å². The third kappa shape index (κ3) is 3.89. The van der Waals surface area contributed by atoms with Crippen LogP contribution in [0.1, 0.15) is 36.2 Å². The largest absolute Gasteiger partial charge is 0.396 e. The fourth-order valence-corrected chi connectivity index (χ4v) is 4.11. The summed E-state index contributed by atoms with van der Waals surface area (Å²) >= 11 is 0. The molecule has 0 unspecified atom stereocenters. The van der Waals surface area contributed by atoms with E-state index in [0.29, 0.717) is 12.5 Å². The minimum Gasteiger partial charge on any atom is -0.396 e. The summed E-state index contributed by atoms with van der Waals surface area (Å²) < 4.78 is 2.47. The van der Waals surface area contributed by atoms with Crippen molar-refractivity contribution in [2.75, 3.05) is 26.2 Å². The number of fused-ring (bicyclic) bond motifs is 1. The first-order valence-electron chi connectivity index (χ1n) is 9.77. The summed E-state index contributed by atoms with van der Waals surface area (Å²) in [6, 6.07) is 8.70.